The number of rotatable bonds is 0. The fourth-order valence-corrected chi connectivity index (χ4v) is 2.47. The van der Waals surface area contributed by atoms with E-state index in [2.05, 4.69) is 10.6 Å². The topological polar surface area (TPSA) is 30.9 Å². The largest absolute Gasteiger partial charge is 0.329 e. The number of hydrogen-bond acceptors (Lipinski definition) is 1. The molecule has 1 aromatic heterocycles. The molecule has 2 nitrogen and oxygen atoms in total. The SMILES string of the molecule is NC1CCCc2cc3cc(F)ccc3n21. The van der Waals surface area contributed by atoms with Crippen molar-refractivity contribution in [1.82, 2.24) is 4.57 Å². The monoisotopic (exact) mass is 204 g/mol. The van der Waals surface area contributed by atoms with E-state index in [1.54, 1.807) is 6.07 Å². The Bertz CT molecular complexity index is 516. The van der Waals surface area contributed by atoms with Crippen LogP contribution in [0.3, 0.4) is 0 Å². The summed E-state index contributed by atoms with van der Waals surface area (Å²) in [5.74, 6) is -0.181. The summed E-state index contributed by atoms with van der Waals surface area (Å²) in [6, 6.07) is 6.95. The second-order valence-electron chi connectivity index (χ2n) is 4.17. The lowest BCUT2D eigenvalue weighted by Gasteiger charge is -2.23. The van der Waals surface area contributed by atoms with Crippen LogP contribution in [-0.4, -0.2) is 4.57 Å². The zero-order valence-corrected chi connectivity index (χ0v) is 8.41. The highest BCUT2D eigenvalue weighted by Crippen LogP contribution is 2.29. The third-order valence-corrected chi connectivity index (χ3v) is 3.15. The maximum Gasteiger partial charge on any atom is 0.123 e. The highest BCUT2D eigenvalue weighted by atomic mass is 19.1. The molecule has 2 aromatic rings. The molecule has 3 heteroatoms. The van der Waals surface area contributed by atoms with Crippen LogP contribution in [0.15, 0.2) is 24.3 Å². The second-order valence-corrected chi connectivity index (χ2v) is 4.17. The zero-order valence-electron chi connectivity index (χ0n) is 8.41. The molecule has 2 N–H and O–H groups in total. The fraction of sp³-hybridized carbons (Fsp3) is 0.333. The number of aryl methyl sites for hydroxylation is 1. The van der Waals surface area contributed by atoms with Crippen molar-refractivity contribution in [2.45, 2.75) is 25.4 Å². The van der Waals surface area contributed by atoms with Crippen LogP contribution in [0.4, 0.5) is 4.39 Å². The average molecular weight is 204 g/mol. The molecule has 0 bridgehead atoms. The Hall–Kier alpha value is -1.35. The highest BCUT2D eigenvalue weighted by Gasteiger charge is 2.18. The first-order chi connectivity index (χ1) is 7.25. The highest BCUT2D eigenvalue weighted by molar-refractivity contribution is 5.81. The van der Waals surface area contributed by atoms with Gasteiger partial charge in [-0.25, -0.2) is 4.39 Å². The van der Waals surface area contributed by atoms with Crippen molar-refractivity contribution >= 4 is 10.9 Å². The summed E-state index contributed by atoms with van der Waals surface area (Å²) in [7, 11) is 0. The fourth-order valence-electron chi connectivity index (χ4n) is 2.47. The minimum atomic E-state index is -0.181. The number of fused-ring (bicyclic) bond motifs is 3. The van der Waals surface area contributed by atoms with Gasteiger partial charge in [0.25, 0.3) is 0 Å². The van der Waals surface area contributed by atoms with Crippen molar-refractivity contribution in [1.29, 1.82) is 0 Å². The molecule has 0 radical (unpaired) electrons. The van der Waals surface area contributed by atoms with Crippen LogP contribution in [0.5, 0.6) is 0 Å². The van der Waals surface area contributed by atoms with Crippen molar-refractivity contribution in [3.8, 4) is 0 Å². The lowest BCUT2D eigenvalue weighted by atomic mass is 10.1. The minimum absolute atomic E-state index is 0.0525. The molecule has 0 spiro atoms. The van der Waals surface area contributed by atoms with E-state index in [0.717, 1.165) is 30.2 Å². The van der Waals surface area contributed by atoms with E-state index in [4.69, 9.17) is 5.73 Å². The molecule has 2 heterocycles. The van der Waals surface area contributed by atoms with Crippen LogP contribution in [-0.2, 0) is 6.42 Å². The Morgan fingerprint density at radius 2 is 2.20 bits per heavy atom. The van der Waals surface area contributed by atoms with Crippen molar-refractivity contribution in [3.63, 3.8) is 0 Å². The number of halogens is 1. The van der Waals surface area contributed by atoms with E-state index >= 15 is 0 Å². The summed E-state index contributed by atoms with van der Waals surface area (Å²) in [5.41, 5.74) is 8.35. The summed E-state index contributed by atoms with van der Waals surface area (Å²) >= 11 is 0. The van der Waals surface area contributed by atoms with Gasteiger partial charge in [0.15, 0.2) is 0 Å². The van der Waals surface area contributed by atoms with Gasteiger partial charge in [-0.15, -0.1) is 0 Å². The van der Waals surface area contributed by atoms with Crippen molar-refractivity contribution in [2.24, 2.45) is 5.73 Å². The van der Waals surface area contributed by atoms with Gasteiger partial charge in [0.05, 0.1) is 6.17 Å². The third-order valence-electron chi connectivity index (χ3n) is 3.15. The first-order valence-electron chi connectivity index (χ1n) is 5.30. The average Bonchev–Trinajstić information content (AvgIpc) is 2.56. The number of benzene rings is 1. The summed E-state index contributed by atoms with van der Waals surface area (Å²) in [6.07, 6.45) is 3.23. The minimum Gasteiger partial charge on any atom is -0.329 e. The van der Waals surface area contributed by atoms with Gasteiger partial charge in [0.2, 0.25) is 0 Å². The Labute approximate surface area is 87.5 Å². The van der Waals surface area contributed by atoms with E-state index < -0.39 is 0 Å². The quantitative estimate of drug-likeness (QED) is 0.702. The number of aromatic nitrogens is 1. The first kappa shape index (κ1) is 8.92. The lowest BCUT2D eigenvalue weighted by Crippen LogP contribution is -2.24. The van der Waals surface area contributed by atoms with Crippen LogP contribution < -0.4 is 5.73 Å². The Morgan fingerprint density at radius 1 is 1.33 bits per heavy atom. The van der Waals surface area contributed by atoms with Gasteiger partial charge in [0.1, 0.15) is 5.82 Å². The molecule has 1 aromatic carbocycles. The molecule has 78 valence electrons. The molecule has 0 aliphatic carbocycles. The van der Waals surface area contributed by atoms with E-state index in [1.807, 2.05) is 6.07 Å². The summed E-state index contributed by atoms with van der Waals surface area (Å²) in [4.78, 5) is 0. The molecule has 1 aliphatic heterocycles. The predicted molar refractivity (Wildman–Crippen MR) is 58.1 cm³/mol. The van der Waals surface area contributed by atoms with E-state index in [-0.39, 0.29) is 12.0 Å². The van der Waals surface area contributed by atoms with Gasteiger partial charge in [-0.3, -0.25) is 0 Å². The van der Waals surface area contributed by atoms with Crippen molar-refractivity contribution in [3.05, 3.63) is 35.8 Å². The number of hydrogen-bond donors (Lipinski definition) is 1. The normalized spacial score (nSPS) is 20.5. The summed E-state index contributed by atoms with van der Waals surface area (Å²) < 4.78 is 15.2. The van der Waals surface area contributed by atoms with E-state index in [0.29, 0.717) is 0 Å². The first-order valence-corrected chi connectivity index (χ1v) is 5.30. The lowest BCUT2D eigenvalue weighted by molar-refractivity contribution is 0.425. The van der Waals surface area contributed by atoms with Gasteiger partial charge in [0, 0.05) is 16.6 Å². The molecule has 15 heavy (non-hydrogen) atoms. The van der Waals surface area contributed by atoms with Crippen LogP contribution in [0.1, 0.15) is 24.7 Å². The Morgan fingerprint density at radius 3 is 3.07 bits per heavy atom. The van der Waals surface area contributed by atoms with Crippen molar-refractivity contribution in [2.75, 3.05) is 0 Å². The van der Waals surface area contributed by atoms with Crippen molar-refractivity contribution < 1.29 is 4.39 Å². The van der Waals surface area contributed by atoms with Crippen LogP contribution in [0.25, 0.3) is 10.9 Å². The third kappa shape index (κ3) is 1.27. The smallest absolute Gasteiger partial charge is 0.123 e. The zero-order chi connectivity index (χ0) is 10.4. The summed E-state index contributed by atoms with van der Waals surface area (Å²) in [5, 5.41) is 0.961. The maximum atomic E-state index is 13.1. The molecule has 1 aliphatic rings. The number of nitrogens with two attached hydrogens (primary N) is 1. The summed E-state index contributed by atoms with van der Waals surface area (Å²) in [6.45, 7) is 0. The molecule has 0 amide bonds. The molecule has 0 saturated carbocycles. The van der Waals surface area contributed by atoms with E-state index in [9.17, 15) is 4.39 Å². The van der Waals surface area contributed by atoms with Gasteiger partial charge < -0.3 is 10.3 Å². The molecule has 0 fully saturated rings. The predicted octanol–water partition coefficient (Wildman–Crippen LogP) is 2.57. The van der Waals surface area contributed by atoms with Crippen LogP contribution in [0, 0.1) is 5.82 Å². The Balaban J connectivity index is 2.32. The van der Waals surface area contributed by atoms with E-state index in [1.165, 1.54) is 11.8 Å². The van der Waals surface area contributed by atoms with Crippen LogP contribution in [0.2, 0.25) is 0 Å². The van der Waals surface area contributed by atoms with Gasteiger partial charge >= 0.3 is 0 Å². The van der Waals surface area contributed by atoms with Gasteiger partial charge in [-0.2, -0.15) is 0 Å². The molecule has 0 saturated heterocycles. The Kier molecular flexibility index (Phi) is 1.83. The second kappa shape index (κ2) is 3.07. The number of nitrogens with zero attached hydrogens (tertiary/aromatic N) is 1. The molecule has 3 rings (SSSR count). The van der Waals surface area contributed by atoms with Crippen LogP contribution >= 0.6 is 0 Å². The van der Waals surface area contributed by atoms with Gasteiger partial charge in [-0.05, 0) is 43.5 Å². The molecular formula is C12H13FN2. The maximum absolute atomic E-state index is 13.1. The molecular weight excluding hydrogens is 191 g/mol. The standard InChI is InChI=1S/C12H13FN2/c13-9-4-5-11-8(6-9)7-10-2-1-3-12(14)15(10)11/h4-7,12H,1-3,14H2. The molecule has 1 unspecified atom stereocenters. The molecule has 1 atom stereocenters. The van der Waals surface area contributed by atoms with Gasteiger partial charge in [-0.1, -0.05) is 0 Å².